The Hall–Kier alpha value is -6.41. The Bertz CT molecular complexity index is 1790. The summed E-state index contributed by atoms with van der Waals surface area (Å²) in [5, 5.41) is 49.2. The molecule has 0 aliphatic carbocycles. The van der Waals surface area contributed by atoms with Gasteiger partial charge in [-0.2, -0.15) is 15.3 Å². The van der Waals surface area contributed by atoms with Crippen molar-refractivity contribution < 1.29 is 33.8 Å². The van der Waals surface area contributed by atoms with Gasteiger partial charge in [-0.1, -0.05) is 0 Å². The molecule has 0 saturated heterocycles. The summed E-state index contributed by atoms with van der Waals surface area (Å²) in [4.78, 5) is 64.4. The molecule has 1 N–H and O–H groups in total. The van der Waals surface area contributed by atoms with Crippen LogP contribution < -0.4 is 0 Å². The molecule has 0 aromatic carbocycles. The van der Waals surface area contributed by atoms with Crippen LogP contribution in [0.4, 0.5) is 17.1 Å². The van der Waals surface area contributed by atoms with E-state index in [2.05, 4.69) is 39.8 Å². The lowest BCUT2D eigenvalue weighted by atomic mass is 10.1. The maximum absolute atomic E-state index is 12.1. The number of rotatable bonds is 7. The van der Waals surface area contributed by atoms with Crippen LogP contribution in [0.2, 0.25) is 0 Å². The molecule has 5 aromatic rings. The van der Waals surface area contributed by atoms with E-state index in [9.17, 15) is 39.9 Å². The van der Waals surface area contributed by atoms with Gasteiger partial charge in [-0.3, -0.25) is 35.4 Å². The van der Waals surface area contributed by atoms with E-state index in [1.165, 1.54) is 0 Å². The topological polar surface area (TPSA) is 271 Å². The molecule has 21 heteroatoms. The van der Waals surface area contributed by atoms with Crippen LogP contribution in [0.1, 0.15) is 21.0 Å². The lowest BCUT2D eigenvalue weighted by Gasteiger charge is -2.00. The summed E-state index contributed by atoms with van der Waals surface area (Å²) < 4.78 is 10.8. The highest BCUT2D eigenvalue weighted by atomic mass is 16.6. The Balaban J connectivity index is 1.66. The first kappa shape index (κ1) is 25.2. The van der Waals surface area contributed by atoms with Crippen molar-refractivity contribution in [2.45, 2.75) is 0 Å². The van der Waals surface area contributed by atoms with Gasteiger partial charge in [0.25, 0.3) is 0 Å². The summed E-state index contributed by atoms with van der Waals surface area (Å²) in [5.41, 5.74) is -4.45. The number of nitrogens with one attached hydrogen (secondary N) is 1. The summed E-state index contributed by atoms with van der Waals surface area (Å²) in [6.07, 6.45) is 4.40. The number of aromatic nitrogens is 8. The molecular weight excluding hydrogens is 542 g/mol. The number of H-pyrrole nitrogens is 1. The molecule has 0 bridgehead atoms. The summed E-state index contributed by atoms with van der Waals surface area (Å²) in [6, 6.07) is 0. The molecule has 5 rings (SSSR count). The number of nitro groups is 3. The van der Waals surface area contributed by atoms with Crippen LogP contribution in [0.3, 0.4) is 0 Å². The minimum atomic E-state index is -1.09. The molecule has 0 amide bonds. The molecular formula is C19H11N11O10. The molecule has 202 valence electrons. The smallest absolute Gasteiger partial charge is 0.365 e. The molecule has 21 nitrogen and oxygen atoms in total. The third-order valence-corrected chi connectivity index (χ3v) is 5.50. The van der Waals surface area contributed by atoms with E-state index in [0.29, 0.717) is 0 Å². The van der Waals surface area contributed by atoms with Crippen molar-refractivity contribution in [2.75, 3.05) is 14.2 Å². The zero-order valence-corrected chi connectivity index (χ0v) is 19.9. The number of hydrogen-bond donors (Lipinski definition) is 1. The highest BCUT2D eigenvalue weighted by Gasteiger charge is 2.34. The number of ether oxygens (including phenoxy) is 2. The van der Waals surface area contributed by atoms with E-state index >= 15 is 0 Å². The second-order valence-corrected chi connectivity index (χ2v) is 7.67. The minimum Gasteiger partial charge on any atom is -0.464 e. The minimum absolute atomic E-state index is 0.00325. The number of esters is 2. The fraction of sp³-hybridized carbons (Fsp3) is 0.105. The van der Waals surface area contributed by atoms with Gasteiger partial charge in [0.2, 0.25) is 22.7 Å². The van der Waals surface area contributed by atoms with Crippen LogP contribution in [-0.4, -0.2) is 80.3 Å². The fourth-order valence-electron chi connectivity index (χ4n) is 3.82. The van der Waals surface area contributed by atoms with E-state index in [4.69, 9.17) is 0 Å². The normalized spacial score (nSPS) is 11.1. The van der Waals surface area contributed by atoms with Gasteiger partial charge in [-0.05, 0) is 0 Å². The van der Waals surface area contributed by atoms with E-state index < -0.39 is 55.2 Å². The molecule has 0 aliphatic rings. The molecule has 5 aromatic heterocycles. The number of carbonyl (C=O) groups is 2. The zero-order chi connectivity index (χ0) is 28.9. The van der Waals surface area contributed by atoms with Crippen molar-refractivity contribution in [1.29, 1.82) is 0 Å². The van der Waals surface area contributed by atoms with Gasteiger partial charge in [0.1, 0.15) is 5.69 Å². The lowest BCUT2D eigenvalue weighted by molar-refractivity contribution is -0.383. The SMILES string of the molecule is COC(=O)c1nn2cc(-c3n[nH]c(-c4cnc5c([N+](=O)[O-])c(C(=O)OC)nn5c4)c3[N+](=O)[O-])cnc2c1[N+](=O)[O-]. The molecule has 5 heterocycles. The van der Waals surface area contributed by atoms with Crippen LogP contribution in [0, 0.1) is 30.3 Å². The second-order valence-electron chi connectivity index (χ2n) is 7.67. The van der Waals surface area contributed by atoms with Crippen LogP contribution in [-0.2, 0) is 9.47 Å². The number of fused-ring (bicyclic) bond motifs is 2. The van der Waals surface area contributed by atoms with Crippen molar-refractivity contribution in [2.24, 2.45) is 0 Å². The van der Waals surface area contributed by atoms with Gasteiger partial charge in [0.05, 0.1) is 29.0 Å². The maximum atomic E-state index is 12.1. The van der Waals surface area contributed by atoms with Gasteiger partial charge in [-0.25, -0.2) is 28.6 Å². The van der Waals surface area contributed by atoms with Gasteiger partial charge >= 0.3 is 29.0 Å². The van der Waals surface area contributed by atoms with Gasteiger partial charge in [0, 0.05) is 35.9 Å². The van der Waals surface area contributed by atoms with Crippen LogP contribution in [0.5, 0.6) is 0 Å². The quantitative estimate of drug-likeness (QED) is 0.168. The maximum Gasteiger partial charge on any atom is 0.365 e. The number of nitrogens with zero attached hydrogens (tertiary/aromatic N) is 10. The number of hydrogen-bond acceptors (Lipinski definition) is 15. The molecule has 0 fully saturated rings. The van der Waals surface area contributed by atoms with Gasteiger partial charge in [0.15, 0.2) is 5.69 Å². The molecule has 0 unspecified atom stereocenters. The Morgan fingerprint density at radius 1 is 0.775 bits per heavy atom. The van der Waals surface area contributed by atoms with E-state index in [-0.39, 0.29) is 33.8 Å². The predicted octanol–water partition coefficient (Wildman–Crippen LogP) is 1.13. The molecule has 0 spiro atoms. The molecule has 0 radical (unpaired) electrons. The standard InChI is InChI=1S/C19H11N11O10/c1-39-18(31)11-14(29(35)36)16-20-3-7(5-26(16)24-11)9-13(28(33)34)10(23-22-9)8-4-21-17-15(30(37)38)12(19(32)40-2)25-27(17)6-8/h3-6H,1-2H3,(H,22,23). The molecule has 40 heavy (non-hydrogen) atoms. The van der Waals surface area contributed by atoms with Crippen LogP contribution in [0.25, 0.3) is 33.8 Å². The van der Waals surface area contributed by atoms with Crippen molar-refractivity contribution >= 4 is 40.3 Å². The monoisotopic (exact) mass is 553 g/mol. The summed E-state index contributed by atoms with van der Waals surface area (Å²) in [7, 11) is 2.02. The lowest BCUT2D eigenvalue weighted by Crippen LogP contribution is -2.05. The Morgan fingerprint density at radius 2 is 1.23 bits per heavy atom. The summed E-state index contributed by atoms with van der Waals surface area (Å²) in [6.45, 7) is 0. The fourth-order valence-corrected chi connectivity index (χ4v) is 3.82. The Labute approximate surface area is 217 Å². The van der Waals surface area contributed by atoms with Crippen molar-refractivity contribution in [3.8, 4) is 22.5 Å². The predicted molar refractivity (Wildman–Crippen MR) is 125 cm³/mol. The number of aromatic amines is 1. The molecule has 0 atom stereocenters. The first-order valence-corrected chi connectivity index (χ1v) is 10.5. The second kappa shape index (κ2) is 9.16. The van der Waals surface area contributed by atoms with E-state index in [0.717, 1.165) is 48.0 Å². The van der Waals surface area contributed by atoms with E-state index in [1.807, 2.05) is 0 Å². The third-order valence-electron chi connectivity index (χ3n) is 5.50. The van der Waals surface area contributed by atoms with Crippen LogP contribution >= 0.6 is 0 Å². The first-order chi connectivity index (χ1) is 19.1. The average Bonchev–Trinajstić information content (AvgIpc) is 3.64. The number of methoxy groups -OCH3 is 2. The van der Waals surface area contributed by atoms with Gasteiger partial charge < -0.3 is 9.47 Å². The van der Waals surface area contributed by atoms with Gasteiger partial charge in [-0.15, -0.1) is 0 Å². The van der Waals surface area contributed by atoms with Crippen LogP contribution in [0.15, 0.2) is 24.8 Å². The highest BCUT2D eigenvalue weighted by Crippen LogP contribution is 2.37. The van der Waals surface area contributed by atoms with Crippen molar-refractivity contribution in [1.82, 2.24) is 39.4 Å². The third kappa shape index (κ3) is 3.77. The largest absolute Gasteiger partial charge is 0.464 e. The highest BCUT2D eigenvalue weighted by molar-refractivity contribution is 5.96. The Kier molecular flexibility index (Phi) is 5.78. The zero-order valence-electron chi connectivity index (χ0n) is 19.9. The molecule has 0 aliphatic heterocycles. The number of carbonyl (C=O) groups excluding carboxylic acids is 2. The van der Waals surface area contributed by atoms with E-state index in [1.54, 1.807) is 0 Å². The average molecular weight is 553 g/mol. The summed E-state index contributed by atoms with van der Waals surface area (Å²) in [5.74, 6) is -2.19. The van der Waals surface area contributed by atoms with Crippen molar-refractivity contribution in [3.05, 3.63) is 66.5 Å². The molecule has 0 saturated carbocycles. The summed E-state index contributed by atoms with van der Waals surface area (Å²) >= 11 is 0. The van der Waals surface area contributed by atoms with Crippen molar-refractivity contribution in [3.63, 3.8) is 0 Å². The Morgan fingerprint density at radius 3 is 1.68 bits per heavy atom. The first-order valence-electron chi connectivity index (χ1n) is 10.5.